The quantitative estimate of drug-likeness (QED) is 0.513. The maximum absolute atomic E-state index is 11.2. The van der Waals surface area contributed by atoms with Gasteiger partial charge in [0.2, 0.25) is 0 Å². The van der Waals surface area contributed by atoms with Gasteiger partial charge in [-0.3, -0.25) is 4.79 Å². The van der Waals surface area contributed by atoms with Gasteiger partial charge in [-0.1, -0.05) is 22.4 Å². The van der Waals surface area contributed by atoms with E-state index in [4.69, 9.17) is 4.74 Å². The molecule has 1 saturated heterocycles. The van der Waals surface area contributed by atoms with E-state index in [1.165, 1.54) is 19.3 Å². The van der Waals surface area contributed by atoms with E-state index in [9.17, 15) is 4.79 Å². The van der Waals surface area contributed by atoms with Crippen molar-refractivity contribution in [2.75, 3.05) is 5.33 Å². The first kappa shape index (κ1) is 8.54. The Labute approximate surface area is 80.8 Å². The van der Waals surface area contributed by atoms with E-state index in [-0.39, 0.29) is 12.1 Å². The van der Waals surface area contributed by atoms with Gasteiger partial charge < -0.3 is 4.74 Å². The van der Waals surface area contributed by atoms with Gasteiger partial charge in [0.1, 0.15) is 6.10 Å². The minimum atomic E-state index is 0.00500. The van der Waals surface area contributed by atoms with Gasteiger partial charge in [0.15, 0.2) is 0 Å². The van der Waals surface area contributed by atoms with E-state index < -0.39 is 0 Å². The number of alkyl halides is 1. The van der Waals surface area contributed by atoms with Gasteiger partial charge in [0.05, 0.1) is 6.42 Å². The second-order valence-corrected chi connectivity index (χ2v) is 4.65. The van der Waals surface area contributed by atoms with Crippen LogP contribution in [0, 0.1) is 5.41 Å². The summed E-state index contributed by atoms with van der Waals surface area (Å²) >= 11 is 3.37. The SMILES string of the molecule is O=C1CC2(CCC2)C[C@H](CBr)O1. The first-order valence-corrected chi connectivity index (χ1v) is 5.62. The summed E-state index contributed by atoms with van der Waals surface area (Å²) < 4.78 is 5.18. The average molecular weight is 233 g/mol. The zero-order chi connectivity index (χ0) is 8.60. The van der Waals surface area contributed by atoms with E-state index in [0.717, 1.165) is 11.8 Å². The largest absolute Gasteiger partial charge is 0.461 e. The fraction of sp³-hybridized carbons (Fsp3) is 0.889. The van der Waals surface area contributed by atoms with E-state index in [0.29, 0.717) is 11.8 Å². The summed E-state index contributed by atoms with van der Waals surface area (Å²) in [6.45, 7) is 0. The van der Waals surface area contributed by atoms with Crippen LogP contribution in [0.4, 0.5) is 0 Å². The minimum Gasteiger partial charge on any atom is -0.461 e. The summed E-state index contributed by atoms with van der Waals surface area (Å²) in [6.07, 6.45) is 5.62. The number of carbonyl (C=O) groups is 1. The molecule has 1 aliphatic heterocycles. The van der Waals surface area contributed by atoms with E-state index >= 15 is 0 Å². The molecule has 0 unspecified atom stereocenters. The molecule has 0 aromatic carbocycles. The normalized spacial score (nSPS) is 32.8. The number of ether oxygens (including phenoxy) is 1. The summed E-state index contributed by atoms with van der Waals surface area (Å²) in [7, 11) is 0. The lowest BCUT2D eigenvalue weighted by molar-refractivity contribution is -0.164. The van der Waals surface area contributed by atoms with Crippen molar-refractivity contribution >= 4 is 21.9 Å². The van der Waals surface area contributed by atoms with Crippen LogP contribution in [0.2, 0.25) is 0 Å². The molecule has 0 radical (unpaired) electrons. The fourth-order valence-corrected chi connectivity index (χ4v) is 2.64. The highest BCUT2D eigenvalue weighted by molar-refractivity contribution is 9.09. The van der Waals surface area contributed by atoms with Crippen LogP contribution in [0.1, 0.15) is 32.1 Å². The minimum absolute atomic E-state index is 0.00500. The van der Waals surface area contributed by atoms with Crippen molar-refractivity contribution in [1.29, 1.82) is 0 Å². The molecule has 0 aromatic heterocycles. The lowest BCUT2D eigenvalue weighted by Gasteiger charge is -2.46. The van der Waals surface area contributed by atoms with Crippen molar-refractivity contribution in [2.45, 2.75) is 38.2 Å². The highest BCUT2D eigenvalue weighted by Crippen LogP contribution is 2.50. The molecular formula is C9H13BrO2. The smallest absolute Gasteiger partial charge is 0.306 e. The molecule has 68 valence electrons. The number of carbonyl (C=O) groups excluding carboxylic acids is 1. The van der Waals surface area contributed by atoms with Crippen LogP contribution in [0.25, 0.3) is 0 Å². The summed E-state index contributed by atoms with van der Waals surface area (Å²) in [4.78, 5) is 11.2. The maximum atomic E-state index is 11.2. The lowest BCUT2D eigenvalue weighted by atomic mass is 9.63. The number of rotatable bonds is 1. The van der Waals surface area contributed by atoms with E-state index in [1.54, 1.807) is 0 Å². The molecule has 12 heavy (non-hydrogen) atoms. The molecule has 0 aromatic rings. The van der Waals surface area contributed by atoms with Crippen LogP contribution in [-0.4, -0.2) is 17.4 Å². The Morgan fingerprint density at radius 1 is 1.58 bits per heavy atom. The average Bonchev–Trinajstić information content (AvgIpc) is 2.00. The fourth-order valence-electron chi connectivity index (χ4n) is 2.27. The first-order chi connectivity index (χ1) is 5.74. The summed E-state index contributed by atoms with van der Waals surface area (Å²) in [5.41, 5.74) is 0.341. The van der Waals surface area contributed by atoms with Crippen LogP contribution < -0.4 is 0 Å². The molecule has 0 amide bonds. The Morgan fingerprint density at radius 2 is 2.33 bits per heavy atom. The number of esters is 1. The standard InChI is InChI=1S/C9H13BrO2/c10-6-7-4-9(2-1-3-9)5-8(11)12-7/h7H,1-6H2/t7-/m1/s1. The van der Waals surface area contributed by atoms with Crippen LogP contribution in [0.3, 0.4) is 0 Å². The van der Waals surface area contributed by atoms with Gasteiger partial charge in [-0.25, -0.2) is 0 Å². The predicted molar refractivity (Wildman–Crippen MR) is 49.2 cm³/mol. The third-order valence-corrected chi connectivity index (χ3v) is 3.79. The Balaban J connectivity index is 2.03. The zero-order valence-corrected chi connectivity index (χ0v) is 8.60. The molecule has 0 N–H and O–H groups in total. The van der Waals surface area contributed by atoms with Crippen molar-refractivity contribution in [2.24, 2.45) is 5.41 Å². The Morgan fingerprint density at radius 3 is 2.83 bits per heavy atom. The number of hydrogen-bond donors (Lipinski definition) is 0. The second kappa shape index (κ2) is 3.02. The van der Waals surface area contributed by atoms with Crippen molar-refractivity contribution in [3.63, 3.8) is 0 Å². The molecule has 1 heterocycles. The predicted octanol–water partition coefficient (Wildman–Crippen LogP) is 2.26. The van der Waals surface area contributed by atoms with Crippen molar-refractivity contribution < 1.29 is 9.53 Å². The number of hydrogen-bond acceptors (Lipinski definition) is 2. The maximum Gasteiger partial charge on any atom is 0.306 e. The number of cyclic esters (lactones) is 1. The summed E-state index contributed by atoms with van der Waals surface area (Å²) in [5, 5.41) is 0.792. The van der Waals surface area contributed by atoms with Gasteiger partial charge in [-0.15, -0.1) is 0 Å². The van der Waals surface area contributed by atoms with E-state index in [2.05, 4.69) is 15.9 Å². The van der Waals surface area contributed by atoms with Gasteiger partial charge in [0.25, 0.3) is 0 Å². The third kappa shape index (κ3) is 1.39. The molecule has 1 aliphatic carbocycles. The third-order valence-electron chi connectivity index (χ3n) is 3.06. The molecular weight excluding hydrogens is 220 g/mol. The van der Waals surface area contributed by atoms with E-state index in [1.807, 2.05) is 0 Å². The van der Waals surface area contributed by atoms with Crippen LogP contribution >= 0.6 is 15.9 Å². The van der Waals surface area contributed by atoms with Crippen molar-refractivity contribution in [3.05, 3.63) is 0 Å². The zero-order valence-electron chi connectivity index (χ0n) is 7.01. The molecule has 2 rings (SSSR count). The van der Waals surface area contributed by atoms with Gasteiger partial charge in [-0.05, 0) is 24.7 Å². The second-order valence-electron chi connectivity index (χ2n) is 4.00. The molecule has 2 nitrogen and oxygen atoms in total. The monoisotopic (exact) mass is 232 g/mol. The van der Waals surface area contributed by atoms with Gasteiger partial charge in [0, 0.05) is 5.33 Å². The van der Waals surface area contributed by atoms with Gasteiger partial charge >= 0.3 is 5.97 Å². The molecule has 2 fully saturated rings. The number of halogens is 1. The molecule has 1 spiro atoms. The highest BCUT2D eigenvalue weighted by Gasteiger charge is 2.44. The van der Waals surface area contributed by atoms with Crippen LogP contribution in [0.15, 0.2) is 0 Å². The molecule has 1 atom stereocenters. The van der Waals surface area contributed by atoms with Crippen LogP contribution in [0.5, 0.6) is 0 Å². The van der Waals surface area contributed by atoms with Gasteiger partial charge in [-0.2, -0.15) is 0 Å². The van der Waals surface area contributed by atoms with Crippen molar-refractivity contribution in [1.82, 2.24) is 0 Å². The Bertz CT molecular complexity index is 199. The summed E-state index contributed by atoms with van der Waals surface area (Å²) in [6, 6.07) is 0. The lowest BCUT2D eigenvalue weighted by Crippen LogP contribution is -2.43. The Kier molecular flexibility index (Phi) is 2.15. The topological polar surface area (TPSA) is 26.3 Å². The molecule has 1 saturated carbocycles. The van der Waals surface area contributed by atoms with Crippen LogP contribution in [-0.2, 0) is 9.53 Å². The molecule has 0 bridgehead atoms. The first-order valence-electron chi connectivity index (χ1n) is 4.50. The highest BCUT2D eigenvalue weighted by atomic mass is 79.9. The molecule has 3 heteroatoms. The van der Waals surface area contributed by atoms with Crippen molar-refractivity contribution in [3.8, 4) is 0 Å². The molecule has 2 aliphatic rings. The Hall–Kier alpha value is -0.0500. The summed E-state index contributed by atoms with van der Waals surface area (Å²) in [5.74, 6) is 0.00500.